The zero-order valence-electron chi connectivity index (χ0n) is 9.33. The minimum absolute atomic E-state index is 0.202. The third-order valence-corrected chi connectivity index (χ3v) is 4.10. The van der Waals surface area contributed by atoms with E-state index in [1.807, 2.05) is 0 Å². The van der Waals surface area contributed by atoms with E-state index in [4.69, 9.17) is 44.6 Å². The third-order valence-electron chi connectivity index (χ3n) is 2.27. The fourth-order valence-corrected chi connectivity index (χ4v) is 2.32. The van der Waals surface area contributed by atoms with Crippen LogP contribution in [-0.2, 0) is 6.61 Å². The molecule has 0 amide bonds. The average Bonchev–Trinajstić information content (AvgIpc) is 2.38. The largest absolute Gasteiger partial charge is 0.437 e. The lowest BCUT2D eigenvalue weighted by Crippen LogP contribution is -1.93. The Labute approximate surface area is 133 Å². The Morgan fingerprint density at radius 3 is 2.53 bits per heavy atom. The molecule has 0 saturated carbocycles. The summed E-state index contributed by atoms with van der Waals surface area (Å²) in [6.45, 7) is -0.202. The molecule has 0 aliphatic carbocycles. The number of aliphatic hydroxyl groups excluding tert-OH is 1. The highest BCUT2D eigenvalue weighted by Crippen LogP contribution is 2.36. The number of aromatic nitrogens is 1. The van der Waals surface area contributed by atoms with Gasteiger partial charge in [-0.05, 0) is 22.0 Å². The van der Waals surface area contributed by atoms with Gasteiger partial charge in [0.05, 0.1) is 21.7 Å². The van der Waals surface area contributed by atoms with Crippen LogP contribution in [0.1, 0.15) is 5.56 Å². The van der Waals surface area contributed by atoms with Gasteiger partial charge in [0.25, 0.3) is 0 Å². The van der Waals surface area contributed by atoms with E-state index in [0.717, 1.165) is 0 Å². The Kier molecular flexibility index (Phi) is 4.92. The third kappa shape index (κ3) is 3.52. The van der Waals surface area contributed by atoms with E-state index in [2.05, 4.69) is 20.9 Å². The molecule has 2 aromatic rings. The van der Waals surface area contributed by atoms with Crippen LogP contribution < -0.4 is 4.74 Å². The maximum Gasteiger partial charge on any atom is 0.219 e. The molecule has 0 saturated heterocycles. The molecular formula is C12H7BrCl3NO2. The predicted octanol–water partition coefficient (Wildman–Crippen LogP) is 5.09. The molecule has 0 fully saturated rings. The van der Waals surface area contributed by atoms with Gasteiger partial charge in [-0.3, -0.25) is 0 Å². The van der Waals surface area contributed by atoms with Gasteiger partial charge in [-0.2, -0.15) is 0 Å². The number of ether oxygens (including phenoxy) is 1. The van der Waals surface area contributed by atoms with Crippen LogP contribution in [0.4, 0.5) is 0 Å². The number of benzene rings is 1. The van der Waals surface area contributed by atoms with Gasteiger partial charge in [0, 0.05) is 28.4 Å². The Bertz CT molecular complexity index is 622. The molecule has 3 nitrogen and oxygen atoms in total. The van der Waals surface area contributed by atoms with Gasteiger partial charge in [0.1, 0.15) is 5.75 Å². The summed E-state index contributed by atoms with van der Waals surface area (Å²) < 4.78 is 6.20. The van der Waals surface area contributed by atoms with Gasteiger partial charge >= 0.3 is 0 Å². The molecule has 0 aliphatic heterocycles. The molecule has 0 atom stereocenters. The maximum atomic E-state index is 9.12. The van der Waals surface area contributed by atoms with Gasteiger partial charge in [0.15, 0.2) is 0 Å². The molecule has 19 heavy (non-hydrogen) atoms. The van der Waals surface area contributed by atoms with E-state index in [9.17, 15) is 0 Å². The highest BCUT2D eigenvalue weighted by atomic mass is 79.9. The molecule has 100 valence electrons. The first kappa shape index (κ1) is 14.9. The highest BCUT2D eigenvalue weighted by Gasteiger charge is 2.10. The second kappa shape index (κ2) is 6.29. The Morgan fingerprint density at radius 1 is 1.11 bits per heavy atom. The smallest absolute Gasteiger partial charge is 0.219 e. The number of pyridine rings is 1. The topological polar surface area (TPSA) is 42.4 Å². The minimum Gasteiger partial charge on any atom is -0.437 e. The van der Waals surface area contributed by atoms with Crippen molar-refractivity contribution in [1.29, 1.82) is 0 Å². The van der Waals surface area contributed by atoms with Crippen LogP contribution in [0.3, 0.4) is 0 Å². The number of hydrogen-bond donors (Lipinski definition) is 1. The monoisotopic (exact) mass is 381 g/mol. The summed E-state index contributed by atoms with van der Waals surface area (Å²) in [7, 11) is 0. The summed E-state index contributed by atoms with van der Waals surface area (Å²) in [5.74, 6) is 0.641. The Hall–Kier alpha value is -0.520. The molecule has 0 radical (unpaired) electrons. The average molecular weight is 383 g/mol. The molecule has 1 heterocycles. The molecule has 0 aliphatic rings. The van der Waals surface area contributed by atoms with E-state index in [1.54, 1.807) is 12.1 Å². The van der Waals surface area contributed by atoms with Crippen LogP contribution in [-0.4, -0.2) is 10.1 Å². The fraction of sp³-hybridized carbons (Fsp3) is 0.0833. The zero-order chi connectivity index (χ0) is 14.0. The number of aliphatic hydroxyl groups is 1. The van der Waals surface area contributed by atoms with Crippen LogP contribution in [0.5, 0.6) is 11.6 Å². The van der Waals surface area contributed by atoms with Crippen molar-refractivity contribution in [2.45, 2.75) is 6.61 Å². The van der Waals surface area contributed by atoms with Crippen molar-refractivity contribution < 1.29 is 9.84 Å². The lowest BCUT2D eigenvalue weighted by atomic mass is 10.3. The van der Waals surface area contributed by atoms with E-state index < -0.39 is 0 Å². The summed E-state index contributed by atoms with van der Waals surface area (Å²) in [6, 6.07) is 4.74. The van der Waals surface area contributed by atoms with Crippen LogP contribution in [0.15, 0.2) is 28.9 Å². The SMILES string of the molecule is OCc1cc(Oc2cc(Cl)c(Br)cc2Cl)ncc1Cl. The van der Waals surface area contributed by atoms with Crippen molar-refractivity contribution in [3.05, 3.63) is 49.5 Å². The van der Waals surface area contributed by atoms with E-state index >= 15 is 0 Å². The van der Waals surface area contributed by atoms with Gasteiger partial charge < -0.3 is 9.84 Å². The van der Waals surface area contributed by atoms with Crippen LogP contribution in [0, 0.1) is 0 Å². The molecule has 0 bridgehead atoms. The van der Waals surface area contributed by atoms with Gasteiger partial charge in [-0.25, -0.2) is 4.98 Å². The number of hydrogen-bond acceptors (Lipinski definition) is 3. The maximum absolute atomic E-state index is 9.12. The van der Waals surface area contributed by atoms with Crippen molar-refractivity contribution in [2.24, 2.45) is 0 Å². The van der Waals surface area contributed by atoms with E-state index in [-0.39, 0.29) is 12.5 Å². The lowest BCUT2D eigenvalue weighted by molar-refractivity contribution is 0.281. The van der Waals surface area contributed by atoms with Crippen LogP contribution >= 0.6 is 50.7 Å². The van der Waals surface area contributed by atoms with Crippen molar-refractivity contribution in [1.82, 2.24) is 4.98 Å². The standard InChI is InChI=1S/C12H7BrCl3NO2/c13-7-2-9(15)11(3-8(7)14)19-12-1-6(5-18)10(16)4-17-12/h1-4,18H,5H2. The highest BCUT2D eigenvalue weighted by molar-refractivity contribution is 9.10. The zero-order valence-corrected chi connectivity index (χ0v) is 13.2. The first-order valence-corrected chi connectivity index (χ1v) is 7.01. The molecule has 2 rings (SSSR count). The van der Waals surface area contributed by atoms with Gasteiger partial charge in [-0.1, -0.05) is 34.8 Å². The number of halogens is 4. The number of rotatable bonds is 3. The quantitative estimate of drug-likeness (QED) is 0.751. The summed E-state index contributed by atoms with van der Waals surface area (Å²) >= 11 is 21.1. The normalized spacial score (nSPS) is 10.6. The summed E-state index contributed by atoms with van der Waals surface area (Å²) in [6.07, 6.45) is 1.40. The first-order valence-electron chi connectivity index (χ1n) is 5.09. The molecule has 1 aromatic heterocycles. The molecule has 1 N–H and O–H groups in total. The second-order valence-electron chi connectivity index (χ2n) is 3.57. The van der Waals surface area contributed by atoms with Crippen LogP contribution in [0.2, 0.25) is 15.1 Å². The minimum atomic E-state index is -0.202. The number of nitrogens with zero attached hydrogens (tertiary/aromatic N) is 1. The second-order valence-corrected chi connectivity index (χ2v) is 5.65. The van der Waals surface area contributed by atoms with Crippen molar-refractivity contribution in [2.75, 3.05) is 0 Å². The summed E-state index contributed by atoms with van der Waals surface area (Å²) in [4.78, 5) is 4.00. The first-order chi connectivity index (χ1) is 9.01. The van der Waals surface area contributed by atoms with E-state index in [1.165, 1.54) is 12.3 Å². The summed E-state index contributed by atoms with van der Waals surface area (Å²) in [5.41, 5.74) is 0.519. The molecule has 0 unspecified atom stereocenters. The van der Waals surface area contributed by atoms with Crippen molar-refractivity contribution >= 4 is 50.7 Å². The van der Waals surface area contributed by atoms with Crippen molar-refractivity contribution in [3.63, 3.8) is 0 Å². The Morgan fingerprint density at radius 2 is 1.84 bits per heavy atom. The predicted molar refractivity (Wildman–Crippen MR) is 79.4 cm³/mol. The van der Waals surface area contributed by atoms with Gasteiger partial charge in [-0.15, -0.1) is 0 Å². The van der Waals surface area contributed by atoms with E-state index in [0.29, 0.717) is 30.9 Å². The molecule has 1 aromatic carbocycles. The molecular weight excluding hydrogens is 376 g/mol. The summed E-state index contributed by atoms with van der Waals surface area (Å²) in [5, 5.41) is 10.3. The Balaban J connectivity index is 2.33. The molecule has 0 spiro atoms. The fourth-order valence-electron chi connectivity index (χ4n) is 1.33. The van der Waals surface area contributed by atoms with Gasteiger partial charge in [0.2, 0.25) is 5.88 Å². The lowest BCUT2D eigenvalue weighted by Gasteiger charge is -2.09. The molecule has 7 heteroatoms. The van der Waals surface area contributed by atoms with Crippen molar-refractivity contribution in [3.8, 4) is 11.6 Å². The van der Waals surface area contributed by atoms with Crippen LogP contribution in [0.25, 0.3) is 0 Å².